The zero-order chi connectivity index (χ0) is 12.4. The molecule has 0 spiro atoms. The van der Waals surface area contributed by atoms with E-state index < -0.39 is 5.97 Å². The Morgan fingerprint density at radius 2 is 2.35 bits per heavy atom. The van der Waals surface area contributed by atoms with Crippen LogP contribution in [0.25, 0.3) is 10.4 Å². The molecule has 0 saturated carbocycles. The second-order valence-corrected chi connectivity index (χ2v) is 5.13. The van der Waals surface area contributed by atoms with Crippen molar-refractivity contribution in [1.82, 2.24) is 0 Å². The van der Waals surface area contributed by atoms with Crippen molar-refractivity contribution in [3.05, 3.63) is 28.0 Å². The number of rotatable bonds is 2. The second kappa shape index (κ2) is 4.57. The molecule has 0 bridgehead atoms. The Morgan fingerprint density at radius 1 is 1.59 bits per heavy atom. The molecule has 0 amide bonds. The van der Waals surface area contributed by atoms with Gasteiger partial charge in [-0.3, -0.25) is 0 Å². The Balaban J connectivity index is 2.71. The Hall–Kier alpha value is -1.84. The summed E-state index contributed by atoms with van der Waals surface area (Å²) in [7, 11) is 1.30. The minimum absolute atomic E-state index is 0.288. The second-order valence-electron chi connectivity index (χ2n) is 3.13. The molecular weight excluding hydrogens is 256 g/mol. The van der Waals surface area contributed by atoms with Crippen LogP contribution in [0, 0.1) is 11.3 Å². The summed E-state index contributed by atoms with van der Waals surface area (Å²) in [6.45, 7) is 0. The molecule has 0 aromatic carbocycles. The molecule has 0 unspecified atom stereocenters. The number of anilines is 1. The van der Waals surface area contributed by atoms with Crippen LogP contribution in [-0.4, -0.2) is 13.1 Å². The Bertz CT molecular complexity index is 594. The average Bonchev–Trinajstić information content (AvgIpc) is 2.94. The van der Waals surface area contributed by atoms with Crippen LogP contribution in [-0.2, 0) is 4.74 Å². The molecule has 0 radical (unpaired) electrons. The van der Waals surface area contributed by atoms with Crippen LogP contribution in [0.1, 0.15) is 15.2 Å². The number of nitrogens with zero attached hydrogens (tertiary/aromatic N) is 1. The summed E-state index contributed by atoms with van der Waals surface area (Å²) >= 11 is 2.56. The number of thiophene rings is 2. The van der Waals surface area contributed by atoms with Gasteiger partial charge in [-0.2, -0.15) is 5.26 Å². The highest BCUT2D eigenvalue weighted by atomic mass is 32.1. The first-order valence-electron chi connectivity index (χ1n) is 4.63. The zero-order valence-electron chi connectivity index (χ0n) is 8.89. The predicted molar refractivity (Wildman–Crippen MR) is 68.1 cm³/mol. The van der Waals surface area contributed by atoms with Crippen LogP contribution in [0.15, 0.2) is 17.5 Å². The van der Waals surface area contributed by atoms with E-state index in [0.29, 0.717) is 15.4 Å². The average molecular weight is 264 g/mol. The van der Waals surface area contributed by atoms with E-state index >= 15 is 0 Å². The fourth-order valence-electron chi connectivity index (χ4n) is 1.49. The van der Waals surface area contributed by atoms with E-state index in [1.54, 1.807) is 0 Å². The molecule has 0 fully saturated rings. The molecule has 0 atom stereocenters. The van der Waals surface area contributed by atoms with Gasteiger partial charge in [0.15, 0.2) is 0 Å². The van der Waals surface area contributed by atoms with Gasteiger partial charge in [0.25, 0.3) is 0 Å². The first-order valence-corrected chi connectivity index (χ1v) is 6.33. The molecule has 2 aromatic heterocycles. The highest BCUT2D eigenvalue weighted by molar-refractivity contribution is 7.18. The first kappa shape index (κ1) is 11.6. The van der Waals surface area contributed by atoms with Crippen molar-refractivity contribution in [2.45, 2.75) is 0 Å². The van der Waals surface area contributed by atoms with Gasteiger partial charge in [0.05, 0.1) is 7.11 Å². The summed E-state index contributed by atoms with van der Waals surface area (Å²) in [6, 6.07) is 5.77. The van der Waals surface area contributed by atoms with Crippen LogP contribution in [0.2, 0.25) is 0 Å². The van der Waals surface area contributed by atoms with Crippen molar-refractivity contribution in [3.63, 3.8) is 0 Å². The summed E-state index contributed by atoms with van der Waals surface area (Å²) in [5.74, 6) is -0.511. The van der Waals surface area contributed by atoms with E-state index in [0.717, 1.165) is 16.2 Å². The Kier molecular flexibility index (Phi) is 3.13. The normalized spacial score (nSPS) is 9.88. The Morgan fingerprint density at radius 3 is 2.88 bits per heavy atom. The van der Waals surface area contributed by atoms with Gasteiger partial charge in [0.2, 0.25) is 0 Å². The van der Waals surface area contributed by atoms with Gasteiger partial charge >= 0.3 is 5.97 Å². The van der Waals surface area contributed by atoms with Crippen molar-refractivity contribution >= 4 is 33.6 Å². The van der Waals surface area contributed by atoms with Gasteiger partial charge in [0, 0.05) is 10.4 Å². The van der Waals surface area contributed by atoms with Crippen molar-refractivity contribution in [2.75, 3.05) is 12.8 Å². The van der Waals surface area contributed by atoms with Gasteiger partial charge < -0.3 is 10.5 Å². The number of methoxy groups -OCH3 is 1. The number of esters is 1. The third-order valence-electron chi connectivity index (χ3n) is 2.19. The number of carbonyl (C=O) groups excluding carboxylic acids is 1. The van der Waals surface area contributed by atoms with Crippen molar-refractivity contribution in [1.29, 1.82) is 5.26 Å². The monoisotopic (exact) mass is 264 g/mol. The molecule has 2 aromatic rings. The maximum absolute atomic E-state index is 11.7. The van der Waals surface area contributed by atoms with Crippen molar-refractivity contribution in [3.8, 4) is 16.5 Å². The highest BCUT2D eigenvalue weighted by Gasteiger charge is 2.24. The number of nitrogens with two attached hydrogens (primary N) is 1. The topological polar surface area (TPSA) is 76.1 Å². The number of hydrogen-bond donors (Lipinski definition) is 1. The summed E-state index contributed by atoms with van der Waals surface area (Å²) in [4.78, 5) is 13.0. The van der Waals surface area contributed by atoms with E-state index in [1.807, 2.05) is 17.5 Å². The lowest BCUT2D eigenvalue weighted by Crippen LogP contribution is -2.04. The third-order valence-corrected chi connectivity index (χ3v) is 4.01. The Labute approximate surface area is 106 Å². The lowest BCUT2D eigenvalue weighted by molar-refractivity contribution is 0.0603. The summed E-state index contributed by atoms with van der Waals surface area (Å²) in [5.41, 5.74) is 6.64. The van der Waals surface area contributed by atoms with Gasteiger partial charge in [-0.25, -0.2) is 4.79 Å². The highest BCUT2D eigenvalue weighted by Crippen LogP contribution is 2.40. The molecule has 0 aliphatic rings. The molecule has 2 heterocycles. The molecule has 0 aliphatic heterocycles. The quantitative estimate of drug-likeness (QED) is 0.846. The maximum Gasteiger partial charge on any atom is 0.341 e. The van der Waals surface area contributed by atoms with E-state index in [2.05, 4.69) is 6.07 Å². The fourth-order valence-corrected chi connectivity index (χ4v) is 3.20. The molecule has 2 N–H and O–H groups in total. The molecule has 6 heteroatoms. The van der Waals surface area contributed by atoms with E-state index in [9.17, 15) is 4.79 Å². The number of carbonyl (C=O) groups is 1. The lowest BCUT2D eigenvalue weighted by Gasteiger charge is -2.01. The summed E-state index contributed by atoms with van der Waals surface area (Å²) < 4.78 is 4.70. The maximum atomic E-state index is 11.7. The van der Waals surface area contributed by atoms with Gasteiger partial charge in [0.1, 0.15) is 21.5 Å². The first-order chi connectivity index (χ1) is 8.19. The molecule has 4 nitrogen and oxygen atoms in total. The standard InChI is InChI=1S/C11H8N2O2S2/c1-15-11(14)9-8(6-3-2-4-16-6)7(5-12)17-10(9)13/h2-4H,13H2,1H3. The number of nitrogen functional groups attached to an aromatic ring is 1. The number of hydrogen-bond acceptors (Lipinski definition) is 6. The van der Waals surface area contributed by atoms with Gasteiger partial charge in [-0.1, -0.05) is 6.07 Å². The fraction of sp³-hybridized carbons (Fsp3) is 0.0909. The van der Waals surface area contributed by atoms with Crippen LogP contribution < -0.4 is 5.73 Å². The van der Waals surface area contributed by atoms with Crippen LogP contribution >= 0.6 is 22.7 Å². The molecule has 0 saturated heterocycles. The number of ether oxygens (including phenoxy) is 1. The van der Waals surface area contributed by atoms with E-state index in [1.165, 1.54) is 18.4 Å². The van der Waals surface area contributed by atoms with Crippen LogP contribution in [0.4, 0.5) is 5.00 Å². The van der Waals surface area contributed by atoms with Crippen LogP contribution in [0.3, 0.4) is 0 Å². The lowest BCUT2D eigenvalue weighted by atomic mass is 10.1. The largest absolute Gasteiger partial charge is 0.465 e. The van der Waals surface area contributed by atoms with Gasteiger partial charge in [-0.15, -0.1) is 22.7 Å². The van der Waals surface area contributed by atoms with Crippen LogP contribution in [0.5, 0.6) is 0 Å². The SMILES string of the molecule is COC(=O)c1c(N)sc(C#N)c1-c1cccs1. The third kappa shape index (κ3) is 1.90. The van der Waals surface area contributed by atoms with Crippen molar-refractivity contribution in [2.24, 2.45) is 0 Å². The summed E-state index contributed by atoms with van der Waals surface area (Å²) in [6.07, 6.45) is 0. The zero-order valence-corrected chi connectivity index (χ0v) is 10.5. The molecular formula is C11H8N2O2S2. The van der Waals surface area contributed by atoms with Gasteiger partial charge in [-0.05, 0) is 11.4 Å². The molecule has 17 heavy (non-hydrogen) atoms. The van der Waals surface area contributed by atoms with Crippen molar-refractivity contribution < 1.29 is 9.53 Å². The summed E-state index contributed by atoms with van der Waals surface area (Å²) in [5, 5.41) is 11.3. The molecule has 0 aliphatic carbocycles. The predicted octanol–water partition coefficient (Wildman–Crippen LogP) is 2.72. The molecule has 2 rings (SSSR count). The minimum atomic E-state index is -0.511. The van der Waals surface area contributed by atoms with E-state index in [4.69, 9.17) is 15.7 Å². The van der Waals surface area contributed by atoms with E-state index in [-0.39, 0.29) is 5.56 Å². The molecule has 86 valence electrons. The minimum Gasteiger partial charge on any atom is -0.465 e. The smallest absolute Gasteiger partial charge is 0.341 e. The number of nitriles is 1.